The average Bonchev–Trinajstić information content (AvgIpc) is 3.44. The molecule has 44 heavy (non-hydrogen) atoms. The first kappa shape index (κ1) is 28.6. The number of fused-ring (bicyclic) bond motifs is 3. The molecule has 3 aliphatic rings. The van der Waals surface area contributed by atoms with E-state index < -0.39 is 11.6 Å². The third kappa shape index (κ3) is 4.87. The van der Waals surface area contributed by atoms with E-state index in [1.54, 1.807) is 7.11 Å². The number of benzene rings is 2. The number of pyridine rings is 1. The molecule has 4 aromatic rings. The first-order valence-electron chi connectivity index (χ1n) is 14.9. The van der Waals surface area contributed by atoms with Crippen LogP contribution in [0.2, 0.25) is 0 Å². The summed E-state index contributed by atoms with van der Waals surface area (Å²) in [5, 5.41) is 11.7. The van der Waals surface area contributed by atoms with Gasteiger partial charge in [0.05, 0.1) is 29.2 Å². The molecular weight excluding hydrogens is 568 g/mol. The van der Waals surface area contributed by atoms with E-state index in [-0.39, 0.29) is 51.1 Å². The van der Waals surface area contributed by atoms with Crippen LogP contribution in [0.25, 0.3) is 32.9 Å². The number of aromatic nitrogens is 3. The van der Waals surface area contributed by atoms with E-state index in [1.807, 2.05) is 4.90 Å². The van der Waals surface area contributed by atoms with Crippen LogP contribution in [0.3, 0.4) is 0 Å². The monoisotopic (exact) mass is 601 g/mol. The van der Waals surface area contributed by atoms with E-state index in [0.717, 1.165) is 38.8 Å². The van der Waals surface area contributed by atoms with Crippen molar-refractivity contribution in [3.05, 3.63) is 47.7 Å². The van der Waals surface area contributed by atoms with Gasteiger partial charge < -0.3 is 24.2 Å². The zero-order chi connectivity index (χ0) is 30.4. The van der Waals surface area contributed by atoms with Gasteiger partial charge in [0.15, 0.2) is 5.82 Å². The number of rotatable bonds is 6. The van der Waals surface area contributed by atoms with Crippen molar-refractivity contribution in [2.45, 2.75) is 37.3 Å². The molecule has 0 bridgehead atoms. The van der Waals surface area contributed by atoms with Crippen LogP contribution in [0.15, 0.2) is 30.5 Å². The highest BCUT2D eigenvalue weighted by Gasteiger charge is 2.49. The second kappa shape index (κ2) is 11.4. The standard InChI is InChI=1S/C33H33F2N5O4/c1-3-23-26(34)7-6-20-14-21(41)15-24(27(20)23)29-28(35)30-25(17-36-29)31(39-9-5-12-43-13-11-39)38-32(37-30)44-19-33-8-4-10-40(33)18-22(16-33)42-2/h1,6-7,14-15,17,22,41H,4-5,8-13,16,18-19H2,2H3/t22-,33+/m1/s1. The molecule has 2 atom stereocenters. The Kier molecular flexibility index (Phi) is 7.44. The highest BCUT2D eigenvalue weighted by atomic mass is 19.1. The maximum Gasteiger partial charge on any atom is 0.319 e. The van der Waals surface area contributed by atoms with Crippen molar-refractivity contribution in [3.63, 3.8) is 0 Å². The highest BCUT2D eigenvalue weighted by Crippen LogP contribution is 2.41. The summed E-state index contributed by atoms with van der Waals surface area (Å²) in [7, 11) is 1.73. The van der Waals surface area contributed by atoms with Crippen LogP contribution in [0.1, 0.15) is 31.2 Å². The molecule has 9 nitrogen and oxygen atoms in total. The molecule has 1 N–H and O–H groups in total. The lowest BCUT2D eigenvalue weighted by molar-refractivity contribution is 0.0997. The highest BCUT2D eigenvalue weighted by molar-refractivity contribution is 6.03. The van der Waals surface area contributed by atoms with Gasteiger partial charge in [0.1, 0.15) is 35.2 Å². The number of phenols is 1. The van der Waals surface area contributed by atoms with Crippen molar-refractivity contribution in [1.29, 1.82) is 0 Å². The van der Waals surface area contributed by atoms with Gasteiger partial charge in [-0.1, -0.05) is 12.0 Å². The Labute approximate surface area is 253 Å². The van der Waals surface area contributed by atoms with Crippen LogP contribution in [0.5, 0.6) is 11.8 Å². The van der Waals surface area contributed by atoms with E-state index >= 15 is 4.39 Å². The number of phenolic OH excluding ortho intramolecular Hbond substituents is 1. The van der Waals surface area contributed by atoms with Gasteiger partial charge in [-0.05, 0) is 55.8 Å². The Morgan fingerprint density at radius 2 is 2.05 bits per heavy atom. The Balaban J connectivity index is 1.37. The van der Waals surface area contributed by atoms with Crippen LogP contribution in [-0.2, 0) is 9.47 Å². The maximum absolute atomic E-state index is 16.7. The van der Waals surface area contributed by atoms with Crippen LogP contribution in [0.4, 0.5) is 14.6 Å². The van der Waals surface area contributed by atoms with Gasteiger partial charge in [0.25, 0.3) is 0 Å². The second-order valence-corrected chi connectivity index (χ2v) is 11.7. The number of methoxy groups -OCH3 is 1. The molecule has 0 aliphatic carbocycles. The number of nitrogens with zero attached hydrogens (tertiary/aromatic N) is 5. The topological polar surface area (TPSA) is 93.1 Å². The molecule has 0 saturated carbocycles. The summed E-state index contributed by atoms with van der Waals surface area (Å²) in [6, 6.07) is 5.57. The van der Waals surface area contributed by atoms with Gasteiger partial charge in [-0.25, -0.2) is 8.78 Å². The van der Waals surface area contributed by atoms with Gasteiger partial charge in [-0.3, -0.25) is 9.88 Å². The molecule has 0 unspecified atom stereocenters. The largest absolute Gasteiger partial charge is 0.508 e. The first-order chi connectivity index (χ1) is 21.4. The fraction of sp³-hybridized carbons (Fsp3) is 0.424. The van der Waals surface area contributed by atoms with Gasteiger partial charge in [-0.2, -0.15) is 9.97 Å². The van der Waals surface area contributed by atoms with Crippen LogP contribution >= 0.6 is 0 Å². The van der Waals surface area contributed by atoms with E-state index in [1.165, 1.54) is 30.5 Å². The molecule has 7 rings (SSSR count). The molecule has 3 aliphatic heterocycles. The van der Waals surface area contributed by atoms with Gasteiger partial charge in [0.2, 0.25) is 0 Å². The Hall–Kier alpha value is -4.11. The Morgan fingerprint density at radius 3 is 2.89 bits per heavy atom. The van der Waals surface area contributed by atoms with E-state index in [9.17, 15) is 9.50 Å². The SMILES string of the molecule is C#Cc1c(F)ccc2cc(O)cc(-c3ncc4c(N5CCCOCC5)nc(OC[C@@]56CCCN5C[C@H](OC)C6)nc4c3F)c12. The molecule has 2 aromatic carbocycles. The van der Waals surface area contributed by atoms with Crippen molar-refractivity contribution in [1.82, 2.24) is 19.9 Å². The first-order valence-corrected chi connectivity index (χ1v) is 14.9. The minimum atomic E-state index is -0.748. The number of anilines is 1. The molecule has 0 amide bonds. The van der Waals surface area contributed by atoms with Crippen molar-refractivity contribution in [3.8, 4) is 35.4 Å². The zero-order valence-electron chi connectivity index (χ0n) is 24.5. The Bertz CT molecular complexity index is 1790. The van der Waals surface area contributed by atoms with Crippen molar-refractivity contribution < 1.29 is 28.1 Å². The average molecular weight is 602 g/mol. The number of hydrogen-bond donors (Lipinski definition) is 1. The summed E-state index contributed by atoms with van der Waals surface area (Å²) in [6.07, 6.45) is 11.0. The fourth-order valence-electron chi connectivity index (χ4n) is 7.05. The molecular formula is C33H33F2N5O4. The lowest BCUT2D eigenvalue weighted by Gasteiger charge is -2.31. The number of hydrogen-bond acceptors (Lipinski definition) is 9. The predicted molar refractivity (Wildman–Crippen MR) is 162 cm³/mol. The van der Waals surface area contributed by atoms with E-state index in [4.69, 9.17) is 25.6 Å². The van der Waals surface area contributed by atoms with Crippen LogP contribution < -0.4 is 9.64 Å². The summed E-state index contributed by atoms with van der Waals surface area (Å²) in [4.78, 5) is 18.3. The molecule has 5 heterocycles. The minimum absolute atomic E-state index is 0.0114. The molecule has 0 spiro atoms. The lowest BCUT2D eigenvalue weighted by atomic mass is 9.94. The zero-order valence-corrected chi connectivity index (χ0v) is 24.5. The third-order valence-corrected chi connectivity index (χ3v) is 9.19. The number of terminal acetylenes is 1. The second-order valence-electron chi connectivity index (χ2n) is 11.7. The van der Waals surface area contributed by atoms with Crippen molar-refractivity contribution in [2.24, 2.45) is 0 Å². The normalized spacial score (nSPS) is 22.3. The predicted octanol–water partition coefficient (Wildman–Crippen LogP) is 4.67. The summed E-state index contributed by atoms with van der Waals surface area (Å²) < 4.78 is 49.1. The van der Waals surface area contributed by atoms with Gasteiger partial charge in [0, 0.05) is 50.5 Å². The van der Waals surface area contributed by atoms with Gasteiger partial charge >= 0.3 is 6.01 Å². The van der Waals surface area contributed by atoms with Crippen molar-refractivity contribution >= 4 is 27.5 Å². The molecule has 3 fully saturated rings. The molecule has 228 valence electrons. The summed E-state index contributed by atoms with van der Waals surface area (Å²) >= 11 is 0. The van der Waals surface area contributed by atoms with Crippen LogP contribution in [-0.4, -0.2) is 89.7 Å². The van der Waals surface area contributed by atoms with Crippen LogP contribution in [0, 0.1) is 24.0 Å². The molecule has 2 aromatic heterocycles. The van der Waals surface area contributed by atoms with Gasteiger partial charge in [-0.15, -0.1) is 6.42 Å². The smallest absolute Gasteiger partial charge is 0.319 e. The Morgan fingerprint density at radius 1 is 1.16 bits per heavy atom. The molecule has 0 radical (unpaired) electrons. The minimum Gasteiger partial charge on any atom is -0.508 e. The fourth-order valence-corrected chi connectivity index (χ4v) is 7.05. The quantitative estimate of drug-likeness (QED) is 0.317. The van der Waals surface area contributed by atoms with Crippen molar-refractivity contribution in [2.75, 3.05) is 58.0 Å². The summed E-state index contributed by atoms with van der Waals surface area (Å²) in [5.41, 5.74) is -0.170. The molecule has 11 heteroatoms. The molecule has 3 saturated heterocycles. The summed E-state index contributed by atoms with van der Waals surface area (Å²) in [6.45, 7) is 4.51. The number of ether oxygens (including phenoxy) is 3. The number of aromatic hydroxyl groups is 1. The third-order valence-electron chi connectivity index (χ3n) is 9.19. The lowest BCUT2D eigenvalue weighted by Crippen LogP contribution is -2.43. The number of halogens is 2. The van der Waals surface area contributed by atoms with E-state index in [2.05, 4.69) is 20.8 Å². The summed E-state index contributed by atoms with van der Waals surface area (Å²) in [5.74, 6) is 1.38. The van der Waals surface area contributed by atoms with E-state index in [0.29, 0.717) is 49.5 Å². The maximum atomic E-state index is 16.7.